The van der Waals surface area contributed by atoms with Crippen LogP contribution in [0.25, 0.3) is 0 Å². The lowest BCUT2D eigenvalue weighted by molar-refractivity contribution is -0.133. The molecule has 0 radical (unpaired) electrons. The van der Waals surface area contributed by atoms with Crippen LogP contribution in [0, 0.1) is 11.6 Å². The summed E-state index contributed by atoms with van der Waals surface area (Å²) in [7, 11) is 1.18. The van der Waals surface area contributed by atoms with Crippen LogP contribution in [0.15, 0.2) is 18.2 Å². The lowest BCUT2D eigenvalue weighted by atomic mass is 9.98. The summed E-state index contributed by atoms with van der Waals surface area (Å²) in [5.41, 5.74) is 4.74. The van der Waals surface area contributed by atoms with Gasteiger partial charge in [-0.05, 0) is 37.8 Å². The van der Waals surface area contributed by atoms with E-state index in [4.69, 9.17) is 26.8 Å². The number of esters is 1. The second kappa shape index (κ2) is 10.0. The number of benzene rings is 1. The quantitative estimate of drug-likeness (QED) is 0.473. The number of rotatable bonds is 7. The molecule has 9 nitrogen and oxygen atoms in total. The van der Waals surface area contributed by atoms with Crippen molar-refractivity contribution in [2.24, 2.45) is 5.73 Å². The van der Waals surface area contributed by atoms with Gasteiger partial charge in [0.1, 0.15) is 11.9 Å². The highest BCUT2D eigenvalue weighted by Crippen LogP contribution is 2.25. The van der Waals surface area contributed by atoms with Crippen LogP contribution in [0.1, 0.15) is 59.2 Å². The Labute approximate surface area is 186 Å². The van der Waals surface area contributed by atoms with Crippen LogP contribution >= 0.6 is 11.6 Å². The second-order valence-electron chi connectivity index (χ2n) is 7.22. The summed E-state index contributed by atoms with van der Waals surface area (Å²) in [6.07, 6.45) is 2.68. The van der Waals surface area contributed by atoms with Crippen LogP contribution in [-0.2, 0) is 14.3 Å². The van der Waals surface area contributed by atoms with E-state index in [1.807, 2.05) is 0 Å². The molecule has 1 saturated carbocycles. The van der Waals surface area contributed by atoms with Crippen LogP contribution in [0.2, 0.25) is 5.02 Å². The van der Waals surface area contributed by atoms with Crippen molar-refractivity contribution in [3.05, 3.63) is 46.1 Å². The minimum Gasteiger partial charge on any atom is -0.458 e. The topological polar surface area (TPSA) is 126 Å². The van der Waals surface area contributed by atoms with Crippen LogP contribution in [0.5, 0.6) is 0 Å². The lowest BCUT2D eigenvalue weighted by Gasteiger charge is -2.21. The number of primary amides is 1. The highest BCUT2D eigenvalue weighted by Gasteiger charge is 2.28. The molecule has 0 saturated heterocycles. The van der Waals surface area contributed by atoms with Crippen LogP contribution in [0.4, 0.5) is 14.6 Å². The predicted molar refractivity (Wildman–Crippen MR) is 109 cm³/mol. The van der Waals surface area contributed by atoms with Crippen molar-refractivity contribution in [3.63, 3.8) is 0 Å². The average molecular weight is 471 g/mol. The normalized spacial score (nSPS) is 15.2. The summed E-state index contributed by atoms with van der Waals surface area (Å²) in [5.74, 6) is -5.33. The summed E-state index contributed by atoms with van der Waals surface area (Å²) in [6.45, 7) is 0. The van der Waals surface area contributed by atoms with Crippen molar-refractivity contribution in [2.45, 2.75) is 44.4 Å². The fourth-order valence-electron chi connectivity index (χ4n) is 3.38. The fraction of sp³-hybridized carbons (Fsp3) is 0.400. The van der Waals surface area contributed by atoms with Gasteiger partial charge in [0.25, 0.3) is 11.8 Å². The third-order valence-corrected chi connectivity index (χ3v) is 5.27. The van der Waals surface area contributed by atoms with Crippen molar-refractivity contribution in [1.82, 2.24) is 9.78 Å². The largest absolute Gasteiger partial charge is 0.458 e. The first-order valence-electron chi connectivity index (χ1n) is 9.79. The molecule has 172 valence electrons. The molecule has 1 fully saturated rings. The Morgan fingerprint density at radius 3 is 2.47 bits per heavy atom. The third kappa shape index (κ3) is 5.22. The molecule has 1 aromatic carbocycles. The molecule has 1 unspecified atom stereocenters. The molecule has 32 heavy (non-hydrogen) atoms. The number of hydrogen-bond acceptors (Lipinski definition) is 6. The predicted octanol–water partition coefficient (Wildman–Crippen LogP) is 3.19. The minimum absolute atomic E-state index is 0.169. The second-order valence-corrected chi connectivity index (χ2v) is 7.62. The number of anilines is 1. The monoisotopic (exact) mass is 470 g/mol. The molecule has 2 aromatic rings. The van der Waals surface area contributed by atoms with Gasteiger partial charge in [-0.1, -0.05) is 18.0 Å². The van der Waals surface area contributed by atoms with Gasteiger partial charge in [-0.15, -0.1) is 0 Å². The molecule has 1 aromatic heterocycles. The van der Waals surface area contributed by atoms with Gasteiger partial charge in [0.2, 0.25) is 6.23 Å². The number of nitrogens with one attached hydrogen (secondary N) is 1. The SMILES string of the molecule is COC(C(N)=O)n1nc(C(=O)OC2CCCCC2)cc1NC(=O)c1cc(F)c(F)cc1Cl. The summed E-state index contributed by atoms with van der Waals surface area (Å²) in [5, 5.41) is 6.01. The highest BCUT2D eigenvalue weighted by molar-refractivity contribution is 6.34. The summed E-state index contributed by atoms with van der Waals surface area (Å²) < 4.78 is 38.3. The molecular formula is C20H21ClF2N4O5. The van der Waals surface area contributed by atoms with E-state index in [1.54, 1.807) is 0 Å². The number of ether oxygens (including phenoxy) is 2. The number of aromatic nitrogens is 2. The highest BCUT2D eigenvalue weighted by atomic mass is 35.5. The van der Waals surface area contributed by atoms with Crippen molar-refractivity contribution >= 4 is 35.2 Å². The number of amides is 2. The summed E-state index contributed by atoms with van der Waals surface area (Å²) in [6, 6.07) is 2.43. The fourth-order valence-corrected chi connectivity index (χ4v) is 3.61. The Morgan fingerprint density at radius 2 is 1.84 bits per heavy atom. The zero-order valence-electron chi connectivity index (χ0n) is 17.1. The molecule has 1 aliphatic rings. The smallest absolute Gasteiger partial charge is 0.359 e. The maximum absolute atomic E-state index is 13.6. The number of carbonyl (C=O) groups excluding carboxylic acids is 3. The zero-order valence-corrected chi connectivity index (χ0v) is 17.8. The van der Waals surface area contributed by atoms with Gasteiger partial charge in [0.05, 0.1) is 10.6 Å². The molecule has 1 aliphatic carbocycles. The average Bonchev–Trinajstić information content (AvgIpc) is 3.15. The standard InChI is InChI=1S/C20H21ClF2N4O5/c1-31-19(17(24)28)27-16(25-18(29)11-7-13(22)14(23)8-12(11)21)9-15(26-27)20(30)32-10-5-3-2-4-6-10/h7-10,19H,2-6H2,1H3,(H2,24,28)(H,25,29). The van der Waals surface area contributed by atoms with E-state index in [0.29, 0.717) is 12.1 Å². The molecule has 2 amide bonds. The van der Waals surface area contributed by atoms with E-state index in [9.17, 15) is 23.2 Å². The van der Waals surface area contributed by atoms with Crippen molar-refractivity contribution < 1.29 is 32.6 Å². The maximum Gasteiger partial charge on any atom is 0.359 e. The van der Waals surface area contributed by atoms with Crippen molar-refractivity contribution in [1.29, 1.82) is 0 Å². The van der Waals surface area contributed by atoms with E-state index in [0.717, 1.165) is 42.9 Å². The number of nitrogens with two attached hydrogens (primary N) is 1. The van der Waals surface area contributed by atoms with E-state index in [2.05, 4.69) is 10.4 Å². The molecule has 0 bridgehead atoms. The minimum atomic E-state index is -1.47. The van der Waals surface area contributed by atoms with Crippen LogP contribution < -0.4 is 11.1 Å². The summed E-state index contributed by atoms with van der Waals surface area (Å²) >= 11 is 5.84. The first-order chi connectivity index (χ1) is 15.2. The zero-order chi connectivity index (χ0) is 23.4. The first kappa shape index (κ1) is 23.6. The van der Waals surface area contributed by atoms with Gasteiger partial charge < -0.3 is 20.5 Å². The molecule has 12 heteroatoms. The molecule has 1 atom stereocenters. The molecule has 3 N–H and O–H groups in total. The maximum atomic E-state index is 13.6. The molecule has 3 rings (SSSR count). The Hall–Kier alpha value is -3.05. The Balaban J connectivity index is 1.90. The van der Waals surface area contributed by atoms with Gasteiger partial charge in [-0.2, -0.15) is 5.10 Å². The van der Waals surface area contributed by atoms with Gasteiger partial charge in [-0.25, -0.2) is 18.3 Å². The van der Waals surface area contributed by atoms with E-state index >= 15 is 0 Å². The van der Waals surface area contributed by atoms with E-state index in [-0.39, 0.29) is 28.2 Å². The molecule has 0 aliphatic heterocycles. The number of halogens is 3. The molecular weight excluding hydrogens is 450 g/mol. The molecule has 1 heterocycles. The Kier molecular flexibility index (Phi) is 7.41. The van der Waals surface area contributed by atoms with Gasteiger partial charge in [0.15, 0.2) is 17.3 Å². The Bertz CT molecular complexity index is 1040. The van der Waals surface area contributed by atoms with E-state index in [1.165, 1.54) is 7.11 Å². The number of carbonyl (C=O) groups is 3. The van der Waals surface area contributed by atoms with Gasteiger partial charge in [-0.3, -0.25) is 9.59 Å². The van der Waals surface area contributed by atoms with E-state index < -0.39 is 35.6 Å². The van der Waals surface area contributed by atoms with Crippen molar-refractivity contribution in [3.8, 4) is 0 Å². The number of hydrogen-bond donors (Lipinski definition) is 2. The van der Waals surface area contributed by atoms with Gasteiger partial charge in [0, 0.05) is 13.2 Å². The lowest BCUT2D eigenvalue weighted by Crippen LogP contribution is -2.30. The summed E-state index contributed by atoms with van der Waals surface area (Å²) in [4.78, 5) is 37.0. The third-order valence-electron chi connectivity index (χ3n) is 4.96. The van der Waals surface area contributed by atoms with Crippen LogP contribution in [0.3, 0.4) is 0 Å². The number of nitrogens with zero attached hydrogens (tertiary/aromatic N) is 2. The van der Waals surface area contributed by atoms with Gasteiger partial charge >= 0.3 is 5.97 Å². The molecule has 0 spiro atoms. The first-order valence-corrected chi connectivity index (χ1v) is 10.2. The Morgan fingerprint density at radius 1 is 1.19 bits per heavy atom. The number of methoxy groups -OCH3 is 1. The van der Waals surface area contributed by atoms with Crippen LogP contribution in [-0.4, -0.2) is 40.8 Å². The van der Waals surface area contributed by atoms with Crippen molar-refractivity contribution in [2.75, 3.05) is 12.4 Å².